The van der Waals surface area contributed by atoms with Gasteiger partial charge in [-0.15, -0.1) is 11.3 Å². The van der Waals surface area contributed by atoms with Crippen molar-refractivity contribution in [2.24, 2.45) is 0 Å². The summed E-state index contributed by atoms with van der Waals surface area (Å²) in [6.07, 6.45) is 0. The number of carbonyl (C=O) groups is 1. The van der Waals surface area contributed by atoms with Gasteiger partial charge in [0.2, 0.25) is 0 Å². The molecule has 1 aromatic heterocycles. The van der Waals surface area contributed by atoms with Crippen molar-refractivity contribution < 1.29 is 13.2 Å². The molecule has 2 N–H and O–H groups in total. The van der Waals surface area contributed by atoms with E-state index >= 15 is 0 Å². The number of ketones is 1. The van der Waals surface area contributed by atoms with Gasteiger partial charge in [0, 0.05) is 31.0 Å². The number of nitrogens with two attached hydrogens (primary N) is 1. The Morgan fingerprint density at radius 1 is 1.48 bits per heavy atom. The van der Waals surface area contributed by atoms with E-state index in [-0.39, 0.29) is 22.1 Å². The number of hydrogen-bond acceptors (Lipinski definition) is 7. The molecule has 0 bridgehead atoms. The molecule has 1 aliphatic rings. The molecular formula is C13H20N2O3S3. The summed E-state index contributed by atoms with van der Waals surface area (Å²) in [7, 11) is -3.45. The summed E-state index contributed by atoms with van der Waals surface area (Å²) >= 11 is 3.08. The average Bonchev–Trinajstić information content (AvgIpc) is 2.77. The van der Waals surface area contributed by atoms with Crippen LogP contribution < -0.4 is 10.6 Å². The van der Waals surface area contributed by atoms with Crippen molar-refractivity contribution in [3.63, 3.8) is 0 Å². The Hall–Kier alpha value is -0.730. The third kappa shape index (κ3) is 3.22. The number of sulfone groups is 1. The van der Waals surface area contributed by atoms with Crippen molar-refractivity contribution in [1.82, 2.24) is 0 Å². The molecule has 118 valence electrons. The number of nitrogen functional groups attached to an aromatic ring is 1. The second kappa shape index (κ2) is 6.18. The number of anilines is 2. The highest BCUT2D eigenvalue weighted by atomic mass is 32.2. The maximum Gasteiger partial charge on any atom is 0.183 e. The SMILES string of the molecule is CCS(=O)(=O)c1c(N2CCSC(C)C2)sc(C(C)=O)c1N. The van der Waals surface area contributed by atoms with Gasteiger partial charge in [-0.2, -0.15) is 11.8 Å². The summed E-state index contributed by atoms with van der Waals surface area (Å²) in [5.41, 5.74) is 6.11. The number of Topliss-reactive ketones (excluding diaryl/α,β-unsaturated/α-hetero) is 1. The van der Waals surface area contributed by atoms with Crippen molar-refractivity contribution in [1.29, 1.82) is 0 Å². The molecule has 1 atom stereocenters. The summed E-state index contributed by atoms with van der Waals surface area (Å²) in [5.74, 6) is 0.742. The average molecular weight is 349 g/mol. The lowest BCUT2D eigenvalue weighted by Crippen LogP contribution is -2.36. The predicted octanol–water partition coefficient (Wildman–Crippen LogP) is 2.27. The maximum atomic E-state index is 12.4. The van der Waals surface area contributed by atoms with E-state index in [0.29, 0.717) is 15.1 Å². The number of nitrogens with zero attached hydrogens (tertiary/aromatic N) is 1. The van der Waals surface area contributed by atoms with Crippen LogP contribution in [0.4, 0.5) is 10.7 Å². The van der Waals surface area contributed by atoms with Crippen LogP contribution in [0.1, 0.15) is 30.4 Å². The van der Waals surface area contributed by atoms with Crippen LogP contribution in [-0.2, 0) is 9.84 Å². The van der Waals surface area contributed by atoms with Crippen molar-refractivity contribution in [3.8, 4) is 0 Å². The number of thiophene rings is 1. The molecule has 0 aliphatic carbocycles. The van der Waals surface area contributed by atoms with Crippen LogP contribution >= 0.6 is 23.1 Å². The van der Waals surface area contributed by atoms with Crippen LogP contribution in [0, 0.1) is 0 Å². The summed E-state index contributed by atoms with van der Waals surface area (Å²) in [6.45, 7) is 6.68. The van der Waals surface area contributed by atoms with E-state index in [2.05, 4.69) is 11.8 Å². The third-order valence-electron chi connectivity index (χ3n) is 3.42. The highest BCUT2D eigenvalue weighted by molar-refractivity contribution is 8.00. The highest BCUT2D eigenvalue weighted by Crippen LogP contribution is 2.43. The lowest BCUT2D eigenvalue weighted by molar-refractivity contribution is 0.102. The Labute approximate surface area is 133 Å². The first kappa shape index (κ1) is 16.6. The van der Waals surface area contributed by atoms with Crippen LogP contribution in [0.15, 0.2) is 4.90 Å². The quantitative estimate of drug-likeness (QED) is 0.841. The van der Waals surface area contributed by atoms with Crippen LogP contribution in [0.2, 0.25) is 0 Å². The first-order valence-electron chi connectivity index (χ1n) is 6.80. The lowest BCUT2D eigenvalue weighted by atomic mass is 10.3. The molecule has 1 aliphatic heterocycles. The second-order valence-corrected chi connectivity index (χ2v) is 9.83. The molecule has 1 aromatic rings. The van der Waals surface area contributed by atoms with Crippen molar-refractivity contribution in [2.45, 2.75) is 30.9 Å². The summed E-state index contributed by atoms with van der Waals surface area (Å²) in [4.78, 5) is 14.3. The predicted molar refractivity (Wildman–Crippen MR) is 90.6 cm³/mol. The van der Waals surface area contributed by atoms with Gasteiger partial charge in [0.25, 0.3) is 0 Å². The monoisotopic (exact) mass is 348 g/mol. The van der Waals surface area contributed by atoms with Crippen molar-refractivity contribution in [3.05, 3.63) is 4.88 Å². The van der Waals surface area contributed by atoms with Crippen LogP contribution in [-0.4, -0.2) is 44.0 Å². The zero-order valence-corrected chi connectivity index (χ0v) is 14.8. The van der Waals surface area contributed by atoms with E-state index < -0.39 is 9.84 Å². The van der Waals surface area contributed by atoms with Crippen molar-refractivity contribution in [2.75, 3.05) is 35.2 Å². The van der Waals surface area contributed by atoms with Gasteiger partial charge in [-0.05, 0) is 0 Å². The van der Waals surface area contributed by atoms with E-state index in [1.165, 1.54) is 18.3 Å². The Morgan fingerprint density at radius 2 is 2.14 bits per heavy atom. The molecule has 0 saturated carbocycles. The van der Waals surface area contributed by atoms with E-state index in [9.17, 15) is 13.2 Å². The molecule has 5 nitrogen and oxygen atoms in total. The summed E-state index contributed by atoms with van der Waals surface area (Å²) in [6, 6.07) is 0. The Bertz CT molecular complexity index is 652. The fourth-order valence-electron chi connectivity index (χ4n) is 2.33. The maximum absolute atomic E-state index is 12.4. The second-order valence-electron chi connectivity index (χ2n) is 5.07. The molecule has 0 aromatic carbocycles. The first-order chi connectivity index (χ1) is 9.77. The first-order valence-corrected chi connectivity index (χ1v) is 10.3. The van der Waals surface area contributed by atoms with E-state index in [4.69, 9.17) is 5.73 Å². The van der Waals surface area contributed by atoms with Crippen LogP contribution in [0.25, 0.3) is 0 Å². The van der Waals surface area contributed by atoms with Gasteiger partial charge < -0.3 is 10.6 Å². The molecule has 0 spiro atoms. The van der Waals surface area contributed by atoms with Crippen LogP contribution in [0.3, 0.4) is 0 Å². The Kier molecular flexibility index (Phi) is 4.89. The Morgan fingerprint density at radius 3 is 2.67 bits per heavy atom. The van der Waals surface area contributed by atoms with Gasteiger partial charge in [-0.1, -0.05) is 13.8 Å². The minimum Gasteiger partial charge on any atom is -0.396 e. The molecule has 0 radical (unpaired) electrons. The molecular weight excluding hydrogens is 328 g/mol. The van der Waals surface area contributed by atoms with Gasteiger partial charge in [0.15, 0.2) is 15.6 Å². The minimum absolute atomic E-state index is 0.0174. The fourth-order valence-corrected chi connectivity index (χ4v) is 6.09. The molecule has 2 rings (SSSR count). The fraction of sp³-hybridized carbons (Fsp3) is 0.615. The smallest absolute Gasteiger partial charge is 0.183 e. The third-order valence-corrected chi connectivity index (χ3v) is 7.85. The summed E-state index contributed by atoms with van der Waals surface area (Å²) in [5, 5.41) is 1.06. The zero-order chi connectivity index (χ0) is 15.8. The molecule has 1 unspecified atom stereocenters. The molecule has 0 amide bonds. The van der Waals surface area contributed by atoms with Crippen molar-refractivity contribution >= 4 is 49.4 Å². The highest BCUT2D eigenvalue weighted by Gasteiger charge is 2.31. The van der Waals surface area contributed by atoms with Gasteiger partial charge in [0.05, 0.1) is 16.3 Å². The Balaban J connectivity index is 2.59. The number of thioether (sulfide) groups is 1. The number of carbonyl (C=O) groups excluding carboxylic acids is 1. The van der Waals surface area contributed by atoms with E-state index in [1.807, 2.05) is 11.8 Å². The largest absolute Gasteiger partial charge is 0.396 e. The topological polar surface area (TPSA) is 80.5 Å². The van der Waals surface area contributed by atoms with E-state index in [0.717, 1.165) is 18.8 Å². The van der Waals surface area contributed by atoms with Gasteiger partial charge in [0.1, 0.15) is 9.90 Å². The molecule has 8 heteroatoms. The normalized spacial score (nSPS) is 19.8. The standard InChI is InChI=1S/C13H20N2O3S3/c1-4-21(17,18)12-10(14)11(9(3)16)20-13(12)15-5-6-19-8(2)7-15/h8H,4-7,14H2,1-3H3. The van der Waals surface area contributed by atoms with E-state index in [1.54, 1.807) is 6.92 Å². The van der Waals surface area contributed by atoms with Gasteiger partial charge >= 0.3 is 0 Å². The van der Waals surface area contributed by atoms with Gasteiger partial charge in [-0.25, -0.2) is 8.42 Å². The number of hydrogen-bond donors (Lipinski definition) is 1. The molecule has 21 heavy (non-hydrogen) atoms. The summed E-state index contributed by atoms with van der Waals surface area (Å²) < 4.78 is 24.8. The van der Waals surface area contributed by atoms with Crippen LogP contribution in [0.5, 0.6) is 0 Å². The molecule has 1 saturated heterocycles. The lowest BCUT2D eigenvalue weighted by Gasteiger charge is -2.32. The zero-order valence-electron chi connectivity index (χ0n) is 12.4. The van der Waals surface area contributed by atoms with Gasteiger partial charge in [-0.3, -0.25) is 4.79 Å². The molecule has 1 fully saturated rings. The molecule has 2 heterocycles. The number of rotatable bonds is 4. The minimum atomic E-state index is -3.45.